The van der Waals surface area contributed by atoms with Crippen LogP contribution in [-0.4, -0.2) is 73.7 Å². The van der Waals surface area contributed by atoms with Crippen LogP contribution < -0.4 is 5.32 Å². The average Bonchev–Trinajstić information content (AvgIpc) is 3.11. The van der Waals surface area contributed by atoms with Gasteiger partial charge in [-0.1, -0.05) is 6.07 Å². The first-order valence-electron chi connectivity index (χ1n) is 8.76. The number of piperidine rings is 1. The van der Waals surface area contributed by atoms with Crippen molar-refractivity contribution in [3.05, 3.63) is 30.1 Å². The van der Waals surface area contributed by atoms with Gasteiger partial charge in [0, 0.05) is 58.0 Å². The molecule has 4 heterocycles. The van der Waals surface area contributed by atoms with E-state index in [2.05, 4.69) is 10.3 Å². The van der Waals surface area contributed by atoms with E-state index in [1.54, 1.807) is 21.0 Å². The summed E-state index contributed by atoms with van der Waals surface area (Å²) >= 11 is 0. The molecule has 0 amide bonds. The molecule has 0 saturated carbocycles. The molecule has 1 N–H and O–H groups in total. The first kappa shape index (κ1) is 17.3. The molecular weight excluding hydrogens is 344 g/mol. The number of hydrogen-bond donors (Lipinski definition) is 1. The number of pyridine rings is 1. The molecule has 1 spiro atoms. The van der Waals surface area contributed by atoms with Crippen molar-refractivity contribution >= 4 is 10.2 Å². The molecule has 1 atom stereocenters. The van der Waals surface area contributed by atoms with Crippen LogP contribution in [0.5, 0.6) is 0 Å². The molecule has 9 heteroatoms. The number of hydrogen-bond acceptors (Lipinski definition) is 6. The Balaban J connectivity index is 1.52. The van der Waals surface area contributed by atoms with E-state index < -0.39 is 16.0 Å². The minimum absolute atomic E-state index is 0.234. The van der Waals surface area contributed by atoms with Crippen LogP contribution in [0.25, 0.3) is 0 Å². The van der Waals surface area contributed by atoms with Crippen molar-refractivity contribution in [1.29, 1.82) is 0 Å². The van der Waals surface area contributed by atoms with Crippen molar-refractivity contribution in [3.63, 3.8) is 0 Å². The molecule has 4 rings (SSSR count). The van der Waals surface area contributed by atoms with Gasteiger partial charge in [0.25, 0.3) is 10.2 Å². The monoisotopic (exact) mass is 368 g/mol. The summed E-state index contributed by atoms with van der Waals surface area (Å²) in [6, 6.07) is 3.54. The quantitative estimate of drug-likeness (QED) is 0.815. The Morgan fingerprint density at radius 2 is 1.96 bits per heavy atom. The van der Waals surface area contributed by atoms with Gasteiger partial charge in [0.15, 0.2) is 5.79 Å². The van der Waals surface area contributed by atoms with Crippen LogP contribution >= 0.6 is 0 Å². The number of nitrogens with zero attached hydrogens (tertiary/aromatic N) is 3. The van der Waals surface area contributed by atoms with Crippen molar-refractivity contribution in [1.82, 2.24) is 18.9 Å². The molecule has 3 saturated heterocycles. The van der Waals surface area contributed by atoms with E-state index in [-0.39, 0.29) is 6.04 Å². The number of ether oxygens (including phenoxy) is 2. The Morgan fingerprint density at radius 3 is 2.64 bits per heavy atom. The third-order valence-electron chi connectivity index (χ3n) is 5.18. The lowest BCUT2D eigenvalue weighted by Gasteiger charge is -2.42. The molecular formula is C16H24N4O4S. The zero-order chi connectivity index (χ0) is 17.3. The maximum Gasteiger partial charge on any atom is 0.282 e. The normalized spacial score (nSPS) is 28.4. The zero-order valence-electron chi connectivity index (χ0n) is 14.1. The van der Waals surface area contributed by atoms with Gasteiger partial charge >= 0.3 is 0 Å². The van der Waals surface area contributed by atoms with Gasteiger partial charge in [-0.25, -0.2) is 0 Å². The summed E-state index contributed by atoms with van der Waals surface area (Å²) in [7, 11) is -3.54. The maximum atomic E-state index is 13.2. The van der Waals surface area contributed by atoms with Crippen LogP contribution in [0, 0.1) is 0 Å². The summed E-state index contributed by atoms with van der Waals surface area (Å²) in [5, 5.41) is 3.29. The fourth-order valence-corrected chi connectivity index (χ4v) is 5.59. The zero-order valence-corrected chi connectivity index (χ0v) is 15.0. The summed E-state index contributed by atoms with van der Waals surface area (Å²) in [6.45, 7) is 3.73. The van der Waals surface area contributed by atoms with E-state index in [9.17, 15) is 8.42 Å². The van der Waals surface area contributed by atoms with Gasteiger partial charge in [-0.3, -0.25) is 4.98 Å². The van der Waals surface area contributed by atoms with Crippen molar-refractivity contribution in [2.45, 2.75) is 24.7 Å². The third kappa shape index (κ3) is 3.32. The second-order valence-electron chi connectivity index (χ2n) is 6.63. The predicted octanol–water partition coefficient (Wildman–Crippen LogP) is 0.112. The fourth-order valence-electron chi connectivity index (χ4n) is 3.81. The Hall–Kier alpha value is -1.10. The lowest BCUT2D eigenvalue weighted by Crippen LogP contribution is -2.56. The first-order valence-corrected chi connectivity index (χ1v) is 10.2. The van der Waals surface area contributed by atoms with Crippen LogP contribution in [0.3, 0.4) is 0 Å². The van der Waals surface area contributed by atoms with Gasteiger partial charge < -0.3 is 14.8 Å². The second-order valence-corrected chi connectivity index (χ2v) is 8.51. The molecule has 0 bridgehead atoms. The van der Waals surface area contributed by atoms with Crippen molar-refractivity contribution in [3.8, 4) is 0 Å². The smallest absolute Gasteiger partial charge is 0.282 e. The minimum Gasteiger partial charge on any atom is -0.347 e. The Bertz CT molecular complexity index is 683. The van der Waals surface area contributed by atoms with Gasteiger partial charge in [-0.05, 0) is 11.6 Å². The van der Waals surface area contributed by atoms with Crippen molar-refractivity contribution < 1.29 is 17.9 Å². The Morgan fingerprint density at radius 1 is 1.20 bits per heavy atom. The van der Waals surface area contributed by atoms with Crippen LogP contribution in [0.1, 0.15) is 24.4 Å². The molecule has 138 valence electrons. The van der Waals surface area contributed by atoms with Gasteiger partial charge in [0.2, 0.25) is 0 Å². The van der Waals surface area contributed by atoms with Gasteiger partial charge in [-0.15, -0.1) is 0 Å². The van der Waals surface area contributed by atoms with Crippen LogP contribution in [0.15, 0.2) is 24.5 Å². The van der Waals surface area contributed by atoms with E-state index >= 15 is 0 Å². The molecule has 25 heavy (non-hydrogen) atoms. The Labute approximate surface area is 148 Å². The highest BCUT2D eigenvalue weighted by Crippen LogP contribution is 2.34. The van der Waals surface area contributed by atoms with Crippen molar-refractivity contribution in [2.24, 2.45) is 0 Å². The summed E-state index contributed by atoms with van der Waals surface area (Å²) in [4.78, 5) is 4.14. The lowest BCUT2D eigenvalue weighted by molar-refractivity contribution is -0.179. The topological polar surface area (TPSA) is 84.0 Å². The standard InChI is InChI=1S/C16H24N4O4S/c21-25(22,19-7-3-16(4-8-19)23-10-11-24-16)20-9-6-18-13-15(20)14-2-1-5-17-12-14/h1-2,5,12,15,18H,3-4,6-11,13H2. The van der Waals surface area contributed by atoms with Gasteiger partial charge in [-0.2, -0.15) is 17.0 Å². The Kier molecular flexibility index (Phi) is 4.78. The molecule has 1 aromatic heterocycles. The van der Waals surface area contributed by atoms with Crippen LogP contribution in [0.4, 0.5) is 0 Å². The molecule has 0 aliphatic carbocycles. The van der Waals surface area contributed by atoms with Gasteiger partial charge in [0.1, 0.15) is 0 Å². The van der Waals surface area contributed by atoms with Crippen LogP contribution in [0.2, 0.25) is 0 Å². The molecule has 8 nitrogen and oxygen atoms in total. The molecule has 3 aliphatic heterocycles. The van der Waals surface area contributed by atoms with E-state index in [1.807, 2.05) is 12.1 Å². The molecule has 0 aromatic carbocycles. The SMILES string of the molecule is O=S(=O)(N1CCC2(CC1)OCCO2)N1CCNCC1c1cccnc1. The fraction of sp³-hybridized carbons (Fsp3) is 0.688. The molecule has 1 aromatic rings. The largest absolute Gasteiger partial charge is 0.347 e. The summed E-state index contributed by atoms with van der Waals surface area (Å²) in [6.07, 6.45) is 4.60. The third-order valence-corrected chi connectivity index (χ3v) is 7.23. The second kappa shape index (κ2) is 6.90. The molecule has 3 fully saturated rings. The van der Waals surface area contributed by atoms with Crippen molar-refractivity contribution in [2.75, 3.05) is 45.9 Å². The van der Waals surface area contributed by atoms with E-state index in [4.69, 9.17) is 9.47 Å². The van der Waals surface area contributed by atoms with E-state index in [0.29, 0.717) is 58.8 Å². The minimum atomic E-state index is -3.54. The highest BCUT2D eigenvalue weighted by atomic mass is 32.2. The highest BCUT2D eigenvalue weighted by Gasteiger charge is 2.45. The van der Waals surface area contributed by atoms with Gasteiger partial charge in [0.05, 0.1) is 19.3 Å². The number of nitrogens with one attached hydrogen (secondary N) is 1. The predicted molar refractivity (Wildman–Crippen MR) is 90.9 cm³/mol. The first-order chi connectivity index (χ1) is 12.1. The number of piperazine rings is 1. The maximum absolute atomic E-state index is 13.2. The lowest BCUT2D eigenvalue weighted by atomic mass is 10.1. The van der Waals surface area contributed by atoms with E-state index in [1.165, 1.54) is 0 Å². The summed E-state index contributed by atoms with van der Waals surface area (Å²) < 4.78 is 41.1. The highest BCUT2D eigenvalue weighted by molar-refractivity contribution is 7.86. The summed E-state index contributed by atoms with van der Waals surface area (Å²) in [5.41, 5.74) is 0.911. The number of rotatable bonds is 3. The summed E-state index contributed by atoms with van der Waals surface area (Å²) in [5.74, 6) is -0.571. The van der Waals surface area contributed by atoms with E-state index in [0.717, 1.165) is 5.56 Å². The molecule has 1 unspecified atom stereocenters. The van der Waals surface area contributed by atoms with Crippen LogP contribution in [-0.2, 0) is 19.7 Å². The number of aromatic nitrogens is 1. The molecule has 0 radical (unpaired) electrons. The molecule has 3 aliphatic rings. The average molecular weight is 368 g/mol.